The summed E-state index contributed by atoms with van der Waals surface area (Å²) in [4.78, 5) is 46.4. The van der Waals surface area contributed by atoms with Gasteiger partial charge in [-0.2, -0.15) is 4.98 Å². The molecule has 7 rings (SSSR count). The molecule has 3 saturated heterocycles. The molecule has 2 unspecified atom stereocenters. The Balaban J connectivity index is 1.16. The SMILES string of the molecule is Nc1nc2c(ncn2[C@@H]2O[C@@H]3COP(O)(=S)O[C@H]4[C@@H](O)[C@H](n5cnc6c(N)ncnc65)O[C@@H]4COPC[C@@H]2[C@@H]3O)c(=O)[nH]1. The summed E-state index contributed by atoms with van der Waals surface area (Å²) in [6.45, 7) is -4.42. The number of anilines is 2. The summed E-state index contributed by atoms with van der Waals surface area (Å²) in [7, 11) is -0.161. The number of imidazole rings is 2. The Kier molecular flexibility index (Phi) is 7.42. The molecule has 3 fully saturated rings. The zero-order valence-electron chi connectivity index (χ0n) is 21.9. The molecule has 3 aliphatic heterocycles. The van der Waals surface area contributed by atoms with E-state index >= 15 is 0 Å². The van der Waals surface area contributed by atoms with Gasteiger partial charge in [0.25, 0.3) is 5.56 Å². The van der Waals surface area contributed by atoms with Crippen molar-refractivity contribution in [1.29, 1.82) is 0 Å². The second-order valence-corrected chi connectivity index (χ2v) is 13.9. The largest absolute Gasteiger partial charge is 0.390 e. The van der Waals surface area contributed by atoms with Crippen LogP contribution in [-0.2, 0) is 34.9 Å². The van der Waals surface area contributed by atoms with Crippen LogP contribution in [0.4, 0.5) is 11.8 Å². The number of hydrogen-bond acceptors (Lipinski definition) is 16. The monoisotopic (exact) mass is 656 g/mol. The first-order valence-corrected chi connectivity index (χ1v) is 16.6. The molecule has 0 aliphatic carbocycles. The Labute approximate surface area is 247 Å². The van der Waals surface area contributed by atoms with Gasteiger partial charge in [-0.05, 0) is 18.0 Å². The van der Waals surface area contributed by atoms with Crippen molar-refractivity contribution in [3.63, 3.8) is 0 Å². The highest BCUT2D eigenvalue weighted by molar-refractivity contribution is 8.07. The van der Waals surface area contributed by atoms with E-state index in [-0.39, 0.29) is 45.0 Å². The van der Waals surface area contributed by atoms with Gasteiger partial charge in [-0.15, -0.1) is 0 Å². The molecule has 3 aliphatic rings. The molecule has 0 amide bonds. The highest BCUT2D eigenvalue weighted by Crippen LogP contribution is 2.51. The van der Waals surface area contributed by atoms with Crippen molar-refractivity contribution in [2.24, 2.45) is 5.92 Å². The third kappa shape index (κ3) is 5.11. The second-order valence-electron chi connectivity index (χ2n) is 10.1. The molecule has 4 aromatic rings. The molecule has 43 heavy (non-hydrogen) atoms. The minimum absolute atomic E-state index is 0.0514. The van der Waals surface area contributed by atoms with Crippen molar-refractivity contribution in [3.05, 3.63) is 29.3 Å². The fourth-order valence-electron chi connectivity index (χ4n) is 5.48. The molecule has 0 aromatic carbocycles. The topological polar surface area (TPSA) is 266 Å². The maximum Gasteiger partial charge on any atom is 0.325 e. The Bertz CT molecular complexity index is 1790. The molecule has 4 aromatic heterocycles. The maximum atomic E-state index is 12.3. The maximum absolute atomic E-state index is 12.3. The standard InChI is InChI=1S/C21H26N10O9P2S/c22-15-10-16(25-4-24-15)30(5-26-10)20-13(33)14-9(39-20)1-36-41-3-7-12(32)8(2-37-42(35,43)40-14)38-19(7)31-6-27-11-17(31)28-21(23)29-18(11)34/h4-9,12-14,19-20,32-33,41H,1-3H2,(H,35,43)(H2,22,24,25)(H3,23,28,29,34)/t7-,8-,9-,12+,13-,14-,19-,20-,42?/m1/s1. The number of nitrogens with two attached hydrogens (primary N) is 2. The molecule has 10 atom stereocenters. The van der Waals surface area contributed by atoms with Gasteiger partial charge in [0, 0.05) is 14.7 Å². The van der Waals surface area contributed by atoms with Crippen molar-refractivity contribution in [2.45, 2.75) is 43.0 Å². The lowest BCUT2D eigenvalue weighted by molar-refractivity contribution is -0.0499. The number of nitrogen functional groups attached to an aromatic ring is 2. The summed E-state index contributed by atoms with van der Waals surface area (Å²) < 4.78 is 32.6. The molecular weight excluding hydrogens is 630 g/mol. The third-order valence-corrected chi connectivity index (χ3v) is 10.1. The lowest BCUT2D eigenvalue weighted by atomic mass is 10.0. The van der Waals surface area contributed by atoms with Gasteiger partial charge in [0.2, 0.25) is 5.95 Å². The average molecular weight is 657 g/mol. The molecule has 7 heterocycles. The first kappa shape index (κ1) is 29.0. The first-order chi connectivity index (χ1) is 20.6. The molecule has 0 spiro atoms. The number of hydrogen-bond donors (Lipinski definition) is 6. The van der Waals surface area contributed by atoms with E-state index in [2.05, 4.69) is 29.9 Å². The first-order valence-electron chi connectivity index (χ1n) is 12.9. The van der Waals surface area contributed by atoms with Crippen molar-refractivity contribution < 1.29 is 38.2 Å². The van der Waals surface area contributed by atoms with Gasteiger partial charge in [0.15, 0.2) is 28.9 Å². The van der Waals surface area contributed by atoms with Crippen LogP contribution in [0.25, 0.3) is 22.3 Å². The van der Waals surface area contributed by atoms with Crippen molar-refractivity contribution in [3.8, 4) is 0 Å². The number of aromatic nitrogens is 8. The predicted molar refractivity (Wildman–Crippen MR) is 152 cm³/mol. The summed E-state index contributed by atoms with van der Waals surface area (Å²) in [5.41, 5.74) is 12.0. The summed E-state index contributed by atoms with van der Waals surface area (Å²) in [5.74, 6) is -0.511. The number of nitrogens with zero attached hydrogens (tertiary/aromatic N) is 7. The number of rotatable bonds is 2. The molecule has 230 valence electrons. The second kappa shape index (κ2) is 11.0. The van der Waals surface area contributed by atoms with Gasteiger partial charge in [-0.25, -0.2) is 19.9 Å². The predicted octanol–water partition coefficient (Wildman–Crippen LogP) is -1.50. The lowest BCUT2D eigenvalue weighted by Crippen LogP contribution is -2.36. The summed E-state index contributed by atoms with van der Waals surface area (Å²) in [6, 6.07) is 0. The van der Waals surface area contributed by atoms with E-state index in [0.29, 0.717) is 17.3 Å². The van der Waals surface area contributed by atoms with E-state index in [0.717, 1.165) is 0 Å². The third-order valence-electron chi connectivity index (χ3n) is 7.52. The zero-order valence-corrected chi connectivity index (χ0v) is 24.6. The molecule has 0 saturated carbocycles. The van der Waals surface area contributed by atoms with Crippen LogP contribution in [-0.4, -0.2) is 104 Å². The molecule has 8 N–H and O–H groups in total. The smallest absolute Gasteiger partial charge is 0.325 e. The van der Waals surface area contributed by atoms with Crippen LogP contribution >= 0.6 is 15.5 Å². The Morgan fingerprint density at radius 1 is 1.00 bits per heavy atom. The molecule has 0 radical (unpaired) electrons. The van der Waals surface area contributed by atoms with Crippen molar-refractivity contribution in [2.75, 3.05) is 30.8 Å². The van der Waals surface area contributed by atoms with Crippen LogP contribution in [0.2, 0.25) is 0 Å². The van der Waals surface area contributed by atoms with E-state index in [1.165, 1.54) is 28.1 Å². The summed E-state index contributed by atoms with van der Waals surface area (Å²) in [5, 5.41) is 22.5. The van der Waals surface area contributed by atoms with Gasteiger partial charge in [-0.1, -0.05) is 0 Å². The fourth-order valence-corrected chi connectivity index (χ4v) is 7.96. The number of H-pyrrole nitrogens is 1. The van der Waals surface area contributed by atoms with E-state index in [1.54, 1.807) is 0 Å². The number of nitrogens with one attached hydrogen (secondary N) is 1. The Hall–Kier alpha value is -2.74. The van der Waals surface area contributed by atoms with Gasteiger partial charge in [-0.3, -0.25) is 23.4 Å². The average Bonchev–Trinajstić information content (AvgIpc) is 3.71. The Morgan fingerprint density at radius 3 is 2.56 bits per heavy atom. The van der Waals surface area contributed by atoms with Crippen LogP contribution in [0.15, 0.2) is 23.8 Å². The minimum Gasteiger partial charge on any atom is -0.390 e. The summed E-state index contributed by atoms with van der Waals surface area (Å²) in [6.07, 6.45) is -2.90. The normalized spacial score (nSPS) is 36.0. The van der Waals surface area contributed by atoms with E-state index in [9.17, 15) is 19.9 Å². The van der Waals surface area contributed by atoms with Crippen molar-refractivity contribution >= 4 is 61.4 Å². The van der Waals surface area contributed by atoms with Crippen LogP contribution < -0.4 is 17.0 Å². The van der Waals surface area contributed by atoms with Crippen molar-refractivity contribution in [1.82, 2.24) is 39.0 Å². The van der Waals surface area contributed by atoms with E-state index < -0.39 is 61.2 Å². The highest BCUT2D eigenvalue weighted by Gasteiger charge is 2.50. The molecule has 19 nitrogen and oxygen atoms in total. The van der Waals surface area contributed by atoms with Crippen LogP contribution in [0.1, 0.15) is 12.5 Å². The quantitative estimate of drug-likeness (QED) is 0.134. The van der Waals surface area contributed by atoms with Gasteiger partial charge < -0.3 is 45.1 Å². The zero-order chi connectivity index (χ0) is 30.0. The van der Waals surface area contributed by atoms with Crippen LogP contribution in [0.5, 0.6) is 0 Å². The minimum atomic E-state index is -4.02. The Morgan fingerprint density at radius 2 is 1.74 bits per heavy atom. The molecule has 2 bridgehead atoms. The number of aliphatic hydroxyl groups is 2. The van der Waals surface area contributed by atoms with E-state index in [4.69, 9.17) is 46.3 Å². The summed E-state index contributed by atoms with van der Waals surface area (Å²) >= 11 is 5.27. The molecular formula is C21H26N10O9P2S. The van der Waals surface area contributed by atoms with E-state index in [1.807, 2.05) is 0 Å². The number of ether oxygens (including phenoxy) is 2. The van der Waals surface area contributed by atoms with Gasteiger partial charge >= 0.3 is 6.72 Å². The van der Waals surface area contributed by atoms with Gasteiger partial charge in [0.1, 0.15) is 42.5 Å². The highest BCUT2D eigenvalue weighted by atomic mass is 32.5. The lowest BCUT2D eigenvalue weighted by Gasteiger charge is -2.26. The number of aromatic amines is 1. The fraction of sp³-hybridized carbons (Fsp3) is 0.524. The van der Waals surface area contributed by atoms with Crippen LogP contribution in [0.3, 0.4) is 0 Å². The molecule has 22 heteroatoms. The van der Waals surface area contributed by atoms with Crippen LogP contribution in [0, 0.1) is 5.92 Å². The number of aliphatic hydroxyl groups excluding tert-OH is 2. The van der Waals surface area contributed by atoms with Gasteiger partial charge in [0.05, 0.1) is 32.0 Å². The number of fused-ring (bicyclic) bond motifs is 5.